The van der Waals surface area contributed by atoms with Crippen molar-refractivity contribution in [2.45, 2.75) is 26.3 Å². The van der Waals surface area contributed by atoms with Crippen LogP contribution in [0.5, 0.6) is 0 Å². The van der Waals surface area contributed by atoms with Gasteiger partial charge in [0.25, 0.3) is 0 Å². The van der Waals surface area contributed by atoms with E-state index in [4.69, 9.17) is 5.73 Å². The lowest BCUT2D eigenvalue weighted by molar-refractivity contribution is -0.131. The summed E-state index contributed by atoms with van der Waals surface area (Å²) in [7, 11) is 1.82. The number of nitrogens with zero attached hydrogens (tertiary/aromatic N) is 1. The van der Waals surface area contributed by atoms with Crippen LogP contribution in [0.2, 0.25) is 0 Å². The van der Waals surface area contributed by atoms with Crippen molar-refractivity contribution in [2.75, 3.05) is 25.6 Å². The van der Waals surface area contributed by atoms with Gasteiger partial charge in [0.05, 0.1) is 6.04 Å². The number of likely N-dealkylation sites (N-methyl/N-ethyl adjacent to an activating group) is 1. The van der Waals surface area contributed by atoms with Crippen LogP contribution >= 0.6 is 11.8 Å². The first-order valence-electron chi connectivity index (χ1n) is 4.98. The minimum absolute atomic E-state index is 0.0627. The van der Waals surface area contributed by atoms with Crippen molar-refractivity contribution < 1.29 is 4.79 Å². The van der Waals surface area contributed by atoms with Crippen LogP contribution in [0, 0.1) is 5.92 Å². The van der Waals surface area contributed by atoms with E-state index in [0.29, 0.717) is 5.92 Å². The molecule has 0 aromatic carbocycles. The van der Waals surface area contributed by atoms with Crippen LogP contribution in [-0.2, 0) is 4.79 Å². The number of rotatable bonds is 6. The highest BCUT2D eigenvalue weighted by Gasteiger charge is 2.17. The fourth-order valence-corrected chi connectivity index (χ4v) is 1.78. The number of thioether (sulfide) groups is 1. The minimum atomic E-state index is -0.328. The van der Waals surface area contributed by atoms with Crippen molar-refractivity contribution in [1.29, 1.82) is 0 Å². The summed E-state index contributed by atoms with van der Waals surface area (Å²) in [5, 5.41) is 0. The lowest BCUT2D eigenvalue weighted by atomic mass is 10.1. The predicted octanol–water partition coefficient (Wildman–Crippen LogP) is 1.18. The summed E-state index contributed by atoms with van der Waals surface area (Å²) >= 11 is 1.72. The largest absolute Gasteiger partial charge is 0.344 e. The average Bonchev–Trinajstić information content (AvgIpc) is 2.11. The zero-order valence-corrected chi connectivity index (χ0v) is 10.4. The van der Waals surface area contributed by atoms with E-state index < -0.39 is 0 Å². The molecule has 84 valence electrons. The smallest absolute Gasteiger partial charge is 0.239 e. The van der Waals surface area contributed by atoms with Crippen LogP contribution in [0.1, 0.15) is 20.3 Å². The molecule has 0 radical (unpaired) electrons. The molecule has 2 N–H and O–H groups in total. The van der Waals surface area contributed by atoms with E-state index in [1.54, 1.807) is 16.7 Å². The van der Waals surface area contributed by atoms with Crippen molar-refractivity contribution in [1.82, 2.24) is 4.90 Å². The highest BCUT2D eigenvalue weighted by molar-refractivity contribution is 7.98. The SMILES string of the molecule is CSCC[C@H](N)C(=O)N(C)CC(C)C. The maximum absolute atomic E-state index is 11.7. The van der Waals surface area contributed by atoms with Crippen molar-refractivity contribution in [2.24, 2.45) is 11.7 Å². The molecule has 0 spiro atoms. The van der Waals surface area contributed by atoms with Crippen molar-refractivity contribution in [3.63, 3.8) is 0 Å². The molecule has 0 saturated carbocycles. The van der Waals surface area contributed by atoms with Gasteiger partial charge in [-0.15, -0.1) is 0 Å². The Kier molecular flexibility index (Phi) is 7.01. The van der Waals surface area contributed by atoms with Crippen LogP contribution in [0.4, 0.5) is 0 Å². The Bertz CT molecular complexity index is 174. The molecule has 0 heterocycles. The van der Waals surface area contributed by atoms with E-state index in [-0.39, 0.29) is 11.9 Å². The first-order valence-corrected chi connectivity index (χ1v) is 6.38. The van der Waals surface area contributed by atoms with E-state index in [1.165, 1.54) is 0 Å². The number of hydrogen-bond donors (Lipinski definition) is 1. The second kappa shape index (κ2) is 7.12. The second-order valence-electron chi connectivity index (χ2n) is 4.00. The summed E-state index contributed by atoms with van der Waals surface area (Å²) < 4.78 is 0. The molecular weight excluding hydrogens is 196 g/mol. The van der Waals surface area contributed by atoms with Gasteiger partial charge in [-0.1, -0.05) is 13.8 Å². The van der Waals surface area contributed by atoms with Crippen LogP contribution in [0.3, 0.4) is 0 Å². The fourth-order valence-electron chi connectivity index (χ4n) is 1.29. The summed E-state index contributed by atoms with van der Waals surface area (Å²) in [5.74, 6) is 1.51. The average molecular weight is 218 g/mol. The molecule has 0 aliphatic heterocycles. The van der Waals surface area contributed by atoms with Crippen molar-refractivity contribution >= 4 is 17.7 Å². The summed E-state index contributed by atoms with van der Waals surface area (Å²) in [6.07, 6.45) is 2.79. The molecule has 0 bridgehead atoms. The lowest BCUT2D eigenvalue weighted by Gasteiger charge is -2.22. The molecule has 1 amide bonds. The predicted molar refractivity (Wildman–Crippen MR) is 63.4 cm³/mol. The molecule has 0 aliphatic rings. The van der Waals surface area contributed by atoms with E-state index in [0.717, 1.165) is 18.7 Å². The van der Waals surface area contributed by atoms with E-state index >= 15 is 0 Å². The second-order valence-corrected chi connectivity index (χ2v) is 4.99. The highest BCUT2D eigenvalue weighted by atomic mass is 32.2. The molecular formula is C10H22N2OS. The Morgan fingerprint density at radius 3 is 2.50 bits per heavy atom. The van der Waals surface area contributed by atoms with Gasteiger partial charge in [-0.05, 0) is 24.3 Å². The molecule has 1 atom stereocenters. The molecule has 0 rings (SSSR count). The van der Waals surface area contributed by atoms with E-state index in [1.807, 2.05) is 13.3 Å². The lowest BCUT2D eigenvalue weighted by Crippen LogP contribution is -2.43. The number of carbonyl (C=O) groups is 1. The number of amides is 1. The molecule has 0 saturated heterocycles. The molecule has 0 fully saturated rings. The van der Waals surface area contributed by atoms with Gasteiger partial charge in [0.15, 0.2) is 0 Å². The van der Waals surface area contributed by atoms with Gasteiger partial charge in [0.2, 0.25) is 5.91 Å². The first kappa shape index (κ1) is 13.8. The van der Waals surface area contributed by atoms with Gasteiger partial charge in [0, 0.05) is 13.6 Å². The molecule has 3 nitrogen and oxygen atoms in total. The minimum Gasteiger partial charge on any atom is -0.344 e. The quantitative estimate of drug-likeness (QED) is 0.728. The topological polar surface area (TPSA) is 46.3 Å². The van der Waals surface area contributed by atoms with Crippen LogP contribution in [0.15, 0.2) is 0 Å². The summed E-state index contributed by atoms with van der Waals surface area (Å²) in [6, 6.07) is -0.328. The Balaban J connectivity index is 3.91. The standard InChI is InChI=1S/C10H22N2OS/c1-8(2)7-12(3)10(13)9(11)5-6-14-4/h8-9H,5-7,11H2,1-4H3/t9-/m0/s1. The van der Waals surface area contributed by atoms with Crippen LogP contribution in [-0.4, -0.2) is 42.4 Å². The van der Waals surface area contributed by atoms with E-state index in [2.05, 4.69) is 13.8 Å². The summed E-state index contributed by atoms with van der Waals surface area (Å²) in [4.78, 5) is 13.4. The summed E-state index contributed by atoms with van der Waals surface area (Å²) in [5.41, 5.74) is 5.78. The van der Waals surface area contributed by atoms with Crippen molar-refractivity contribution in [3.05, 3.63) is 0 Å². The van der Waals surface area contributed by atoms with Crippen LogP contribution < -0.4 is 5.73 Å². The monoisotopic (exact) mass is 218 g/mol. The summed E-state index contributed by atoms with van der Waals surface area (Å²) in [6.45, 7) is 4.97. The number of carbonyl (C=O) groups excluding carboxylic acids is 1. The van der Waals surface area contributed by atoms with Crippen LogP contribution in [0.25, 0.3) is 0 Å². The fraction of sp³-hybridized carbons (Fsp3) is 0.900. The highest BCUT2D eigenvalue weighted by Crippen LogP contribution is 2.03. The Hall–Kier alpha value is -0.220. The van der Waals surface area contributed by atoms with Gasteiger partial charge >= 0.3 is 0 Å². The maximum atomic E-state index is 11.7. The molecule has 0 unspecified atom stereocenters. The van der Waals surface area contributed by atoms with Crippen molar-refractivity contribution in [3.8, 4) is 0 Å². The zero-order valence-electron chi connectivity index (χ0n) is 9.62. The molecule has 0 aromatic heterocycles. The Morgan fingerprint density at radius 2 is 2.07 bits per heavy atom. The molecule has 4 heteroatoms. The number of hydrogen-bond acceptors (Lipinski definition) is 3. The first-order chi connectivity index (χ1) is 6.49. The molecule has 14 heavy (non-hydrogen) atoms. The van der Waals surface area contributed by atoms with Gasteiger partial charge in [-0.25, -0.2) is 0 Å². The Labute approximate surface area is 91.4 Å². The Morgan fingerprint density at radius 1 is 1.50 bits per heavy atom. The maximum Gasteiger partial charge on any atom is 0.239 e. The number of nitrogens with two attached hydrogens (primary N) is 1. The van der Waals surface area contributed by atoms with Gasteiger partial charge in [0.1, 0.15) is 0 Å². The molecule has 0 aromatic rings. The molecule has 0 aliphatic carbocycles. The van der Waals surface area contributed by atoms with E-state index in [9.17, 15) is 4.79 Å². The van der Waals surface area contributed by atoms with Gasteiger partial charge < -0.3 is 10.6 Å². The normalized spacial score (nSPS) is 13.0. The zero-order chi connectivity index (χ0) is 11.1. The third-order valence-electron chi connectivity index (χ3n) is 1.97. The van der Waals surface area contributed by atoms with Gasteiger partial charge in [-0.3, -0.25) is 4.79 Å². The third kappa shape index (κ3) is 5.50. The third-order valence-corrected chi connectivity index (χ3v) is 2.61. The van der Waals surface area contributed by atoms with Gasteiger partial charge in [-0.2, -0.15) is 11.8 Å².